The number of hydrogen-bond donors (Lipinski definition) is 4. The highest BCUT2D eigenvalue weighted by molar-refractivity contribution is 7.99. The van der Waals surface area contributed by atoms with E-state index in [9.17, 15) is 19.8 Å². The Labute approximate surface area is 296 Å². The molecule has 4 N–H and O–H groups in total. The van der Waals surface area contributed by atoms with E-state index in [1.54, 1.807) is 30.0 Å². The van der Waals surface area contributed by atoms with Crippen molar-refractivity contribution in [3.8, 4) is 5.75 Å². The Morgan fingerprint density at radius 1 is 0.760 bits per heavy atom. The number of nitrogens with one attached hydrogen (secondary N) is 2. The molecule has 5 aromatic carbocycles. The molecule has 1 unspecified atom stereocenters. The number of phenolic OH excluding ortho intramolecular Hbond substituents is 1. The second-order valence-electron chi connectivity index (χ2n) is 12.3. The predicted molar refractivity (Wildman–Crippen MR) is 195 cm³/mol. The van der Waals surface area contributed by atoms with Gasteiger partial charge in [0, 0.05) is 27.8 Å². The lowest BCUT2D eigenvalue weighted by molar-refractivity contribution is -0.255. The number of phenols is 1. The summed E-state index contributed by atoms with van der Waals surface area (Å²) in [5, 5.41) is 25.2. The fourth-order valence-electron chi connectivity index (χ4n) is 6.11. The zero-order chi connectivity index (χ0) is 34.9. The van der Waals surface area contributed by atoms with E-state index in [0.717, 1.165) is 32.7 Å². The third-order valence-electron chi connectivity index (χ3n) is 8.72. The molecule has 8 nitrogen and oxygen atoms in total. The van der Waals surface area contributed by atoms with Crippen LogP contribution in [-0.2, 0) is 27.3 Å². The first-order chi connectivity index (χ1) is 24.4. The Kier molecular flexibility index (Phi) is 11.6. The number of hydrogen-bond acceptors (Lipinski definition) is 7. The smallest absolute Gasteiger partial charge is 0.319 e. The number of Topliss-reactive ketones (excluding diaryl/α,β-unsaturated/α-hetero) is 1. The number of ketones is 1. The Morgan fingerprint density at radius 2 is 1.44 bits per heavy atom. The molecule has 0 aromatic heterocycles. The summed E-state index contributed by atoms with van der Waals surface area (Å²) in [4.78, 5) is 26.5. The normalized spacial score (nSPS) is 19.3. The average molecular weight is 689 g/mol. The summed E-state index contributed by atoms with van der Waals surface area (Å²) in [6.45, 7) is 1.41. The molecule has 0 spiro atoms. The maximum atomic E-state index is 13.1. The fraction of sp³-hybridized carbons (Fsp3) is 0.220. The van der Waals surface area contributed by atoms with E-state index in [-0.39, 0.29) is 30.2 Å². The number of aliphatic hydroxyl groups excluding tert-OH is 1. The summed E-state index contributed by atoms with van der Waals surface area (Å²) in [5.74, 6) is 0.505. The monoisotopic (exact) mass is 688 g/mol. The van der Waals surface area contributed by atoms with Crippen LogP contribution in [0.15, 0.2) is 138 Å². The minimum absolute atomic E-state index is 0.0572. The van der Waals surface area contributed by atoms with Crippen LogP contribution in [0.5, 0.6) is 5.75 Å². The summed E-state index contributed by atoms with van der Waals surface area (Å²) < 4.78 is 13.6. The molecular weight excluding hydrogens is 649 g/mol. The van der Waals surface area contributed by atoms with Gasteiger partial charge < -0.3 is 30.3 Å². The van der Waals surface area contributed by atoms with Crippen molar-refractivity contribution in [2.75, 3.05) is 11.1 Å². The summed E-state index contributed by atoms with van der Waals surface area (Å²) in [5.41, 5.74) is 5.03. The fourth-order valence-corrected chi connectivity index (χ4v) is 7.08. The first-order valence-corrected chi connectivity index (χ1v) is 17.5. The summed E-state index contributed by atoms with van der Waals surface area (Å²) >= 11 is 1.64. The van der Waals surface area contributed by atoms with Crippen molar-refractivity contribution in [1.29, 1.82) is 0 Å². The number of ether oxygens (including phenoxy) is 2. The summed E-state index contributed by atoms with van der Waals surface area (Å²) in [6.07, 6.45) is -1.08. The van der Waals surface area contributed by atoms with Crippen LogP contribution >= 0.6 is 11.8 Å². The molecule has 1 fully saturated rings. The van der Waals surface area contributed by atoms with Gasteiger partial charge in [-0.1, -0.05) is 97.1 Å². The van der Waals surface area contributed by atoms with Crippen LogP contribution in [0, 0.1) is 0 Å². The molecule has 5 atom stereocenters. The zero-order valence-corrected chi connectivity index (χ0v) is 28.5. The van der Waals surface area contributed by atoms with Crippen LogP contribution in [-0.4, -0.2) is 39.9 Å². The van der Waals surface area contributed by atoms with Gasteiger partial charge in [0.05, 0.1) is 24.9 Å². The quantitative estimate of drug-likeness (QED) is 0.0984. The molecule has 2 amide bonds. The number of benzene rings is 5. The number of rotatable bonds is 12. The van der Waals surface area contributed by atoms with E-state index in [0.29, 0.717) is 17.9 Å². The van der Waals surface area contributed by atoms with Crippen molar-refractivity contribution in [3.63, 3.8) is 0 Å². The van der Waals surface area contributed by atoms with Crippen LogP contribution in [0.1, 0.15) is 53.1 Å². The molecule has 1 saturated heterocycles. The lowest BCUT2D eigenvalue weighted by Crippen LogP contribution is -2.43. The third-order valence-corrected chi connectivity index (χ3v) is 9.82. The van der Waals surface area contributed by atoms with Gasteiger partial charge in [-0.25, -0.2) is 4.79 Å². The maximum Gasteiger partial charge on any atom is 0.319 e. The number of anilines is 1. The predicted octanol–water partition coefficient (Wildman–Crippen LogP) is 7.94. The topological polar surface area (TPSA) is 117 Å². The van der Waals surface area contributed by atoms with Crippen LogP contribution < -0.4 is 10.6 Å². The number of aromatic hydroxyl groups is 1. The molecule has 50 heavy (non-hydrogen) atoms. The van der Waals surface area contributed by atoms with Crippen molar-refractivity contribution in [3.05, 3.63) is 161 Å². The minimum Gasteiger partial charge on any atom is -0.508 e. The van der Waals surface area contributed by atoms with Gasteiger partial charge >= 0.3 is 6.03 Å². The molecule has 5 aromatic rings. The Bertz CT molecular complexity index is 1850. The van der Waals surface area contributed by atoms with Gasteiger partial charge in [0.15, 0.2) is 12.1 Å². The van der Waals surface area contributed by atoms with Crippen molar-refractivity contribution >= 4 is 29.3 Å². The SMILES string of the molecule is CC(=O)[C@@H](Cc1ccccc1)NC(=O)Nc1cccc(C2O[C@H](CSc3ccc(O)cc3)[C@@H](c3ccccc3)[C@H](c3ccc(CO)cc3)O2)c1. The number of amides is 2. The highest BCUT2D eigenvalue weighted by Gasteiger charge is 2.42. The van der Waals surface area contributed by atoms with E-state index in [4.69, 9.17) is 9.47 Å². The maximum absolute atomic E-state index is 13.1. The van der Waals surface area contributed by atoms with E-state index in [1.807, 2.05) is 103 Å². The molecule has 1 aliphatic rings. The van der Waals surface area contributed by atoms with Gasteiger partial charge in [-0.05, 0) is 72.0 Å². The number of carbonyl (C=O) groups excluding carboxylic acids is 2. The van der Waals surface area contributed by atoms with Gasteiger partial charge in [0.25, 0.3) is 0 Å². The van der Waals surface area contributed by atoms with Gasteiger partial charge in [-0.2, -0.15) is 0 Å². The van der Waals surface area contributed by atoms with E-state index >= 15 is 0 Å². The van der Waals surface area contributed by atoms with Gasteiger partial charge in [-0.15, -0.1) is 11.8 Å². The molecule has 0 aliphatic carbocycles. The van der Waals surface area contributed by atoms with Gasteiger partial charge in [0.1, 0.15) is 5.75 Å². The van der Waals surface area contributed by atoms with E-state index < -0.39 is 24.5 Å². The number of thioether (sulfide) groups is 1. The molecule has 0 bridgehead atoms. The van der Waals surface area contributed by atoms with Gasteiger partial charge in [0.2, 0.25) is 0 Å². The highest BCUT2D eigenvalue weighted by atomic mass is 32.2. The summed E-state index contributed by atoms with van der Waals surface area (Å²) in [7, 11) is 0. The van der Waals surface area contributed by atoms with E-state index in [2.05, 4.69) is 22.8 Å². The second-order valence-corrected chi connectivity index (χ2v) is 13.4. The zero-order valence-electron chi connectivity index (χ0n) is 27.6. The molecule has 0 saturated carbocycles. The van der Waals surface area contributed by atoms with Crippen molar-refractivity contribution in [1.82, 2.24) is 5.32 Å². The standard InChI is InChI=1S/C41H40N2O6S/c1-27(45)36(23-28-9-4-2-5-10-28)43-41(47)42-33-14-8-13-32(24-33)40-48-37(26-50-35-21-19-34(46)20-22-35)38(30-11-6-3-7-12-30)39(49-40)31-17-15-29(25-44)16-18-31/h2-22,24,36-40,44,46H,23,25-26H2,1H3,(H2,42,43,47)/t36-,37-,38-,39+,40?/m1/s1. The van der Waals surface area contributed by atoms with Crippen LogP contribution in [0.3, 0.4) is 0 Å². The lowest BCUT2D eigenvalue weighted by atomic mass is 9.84. The molecule has 1 heterocycles. The number of urea groups is 1. The molecule has 1 aliphatic heterocycles. The molecular formula is C41H40N2O6S. The third kappa shape index (κ3) is 8.99. The lowest BCUT2D eigenvalue weighted by Gasteiger charge is -2.43. The highest BCUT2D eigenvalue weighted by Crippen LogP contribution is 2.48. The van der Waals surface area contributed by atoms with Crippen molar-refractivity contribution < 1.29 is 29.3 Å². The number of aliphatic hydroxyl groups is 1. The largest absolute Gasteiger partial charge is 0.508 e. The summed E-state index contributed by atoms with van der Waals surface area (Å²) in [6, 6.07) is 40.8. The number of carbonyl (C=O) groups is 2. The minimum atomic E-state index is -0.768. The van der Waals surface area contributed by atoms with Crippen LogP contribution in [0.4, 0.5) is 10.5 Å². The first kappa shape index (κ1) is 34.9. The molecule has 6 rings (SSSR count). The van der Waals surface area contributed by atoms with Crippen molar-refractivity contribution in [2.45, 2.75) is 55.3 Å². The Morgan fingerprint density at radius 3 is 2.12 bits per heavy atom. The van der Waals surface area contributed by atoms with Gasteiger partial charge in [-0.3, -0.25) is 4.79 Å². The Hall–Kier alpha value is -4.93. The molecule has 0 radical (unpaired) electrons. The van der Waals surface area contributed by atoms with Crippen LogP contribution in [0.25, 0.3) is 0 Å². The second kappa shape index (κ2) is 16.7. The van der Waals surface area contributed by atoms with Crippen molar-refractivity contribution in [2.24, 2.45) is 0 Å². The Balaban J connectivity index is 1.26. The van der Waals surface area contributed by atoms with Crippen LogP contribution in [0.2, 0.25) is 0 Å². The molecule has 9 heteroatoms. The first-order valence-electron chi connectivity index (χ1n) is 16.6. The molecule has 256 valence electrons. The van der Waals surface area contributed by atoms with E-state index in [1.165, 1.54) is 6.92 Å². The average Bonchev–Trinajstić information content (AvgIpc) is 3.15.